The highest BCUT2D eigenvalue weighted by molar-refractivity contribution is 5.54. The zero-order valence-corrected chi connectivity index (χ0v) is 18.4. The first-order valence-corrected chi connectivity index (χ1v) is 10.8. The minimum atomic E-state index is -4.99. The number of alkyl halides is 6. The van der Waals surface area contributed by atoms with Gasteiger partial charge in [-0.25, -0.2) is 4.98 Å². The molecule has 192 valence electrons. The maximum atomic E-state index is 13.3. The van der Waals surface area contributed by atoms with Crippen LogP contribution in [0.4, 0.5) is 43.8 Å². The van der Waals surface area contributed by atoms with Crippen molar-refractivity contribution in [2.75, 3.05) is 23.7 Å². The lowest BCUT2D eigenvalue weighted by atomic mass is 9.82. The van der Waals surface area contributed by atoms with Crippen molar-refractivity contribution in [2.24, 2.45) is 17.6 Å². The molecule has 0 amide bonds. The number of anilines is 2. The van der Waals surface area contributed by atoms with Crippen molar-refractivity contribution in [3.05, 3.63) is 51.2 Å². The van der Waals surface area contributed by atoms with Crippen LogP contribution in [0.3, 0.4) is 0 Å². The zero-order chi connectivity index (χ0) is 26.0. The average molecular weight is 506 g/mol. The van der Waals surface area contributed by atoms with Gasteiger partial charge in [0.15, 0.2) is 0 Å². The molecule has 0 radical (unpaired) electrons. The summed E-state index contributed by atoms with van der Waals surface area (Å²) in [5.41, 5.74) is 7.68. The summed E-state index contributed by atoms with van der Waals surface area (Å²) < 4.78 is 79.9. The minimum absolute atomic E-state index is 0.0469. The van der Waals surface area contributed by atoms with Crippen LogP contribution in [0, 0.1) is 22.0 Å². The van der Waals surface area contributed by atoms with Crippen LogP contribution in [-0.2, 0) is 18.9 Å². The number of rotatable bonds is 7. The number of hydrogen-bond donors (Lipinski definition) is 2. The quantitative estimate of drug-likeness (QED) is 0.315. The second-order valence-corrected chi connectivity index (χ2v) is 8.61. The van der Waals surface area contributed by atoms with Crippen molar-refractivity contribution in [2.45, 2.75) is 44.6 Å². The molecule has 0 atom stereocenters. The van der Waals surface area contributed by atoms with Crippen LogP contribution < -0.4 is 16.4 Å². The van der Waals surface area contributed by atoms with Crippen molar-refractivity contribution >= 4 is 17.5 Å². The molecule has 8 nitrogen and oxygen atoms in total. The fourth-order valence-corrected chi connectivity index (χ4v) is 4.18. The summed E-state index contributed by atoms with van der Waals surface area (Å²) in [6, 6.07) is 1.34. The Morgan fingerprint density at radius 2 is 1.54 bits per heavy atom. The van der Waals surface area contributed by atoms with Crippen LogP contribution in [0.25, 0.3) is 0 Å². The highest BCUT2D eigenvalue weighted by Crippen LogP contribution is 2.37. The lowest BCUT2D eigenvalue weighted by Gasteiger charge is -2.32. The molecule has 1 aliphatic rings. The molecule has 1 heterocycles. The van der Waals surface area contributed by atoms with Gasteiger partial charge >= 0.3 is 18.0 Å². The van der Waals surface area contributed by atoms with Gasteiger partial charge in [-0.1, -0.05) is 0 Å². The molecule has 14 heteroatoms. The third kappa shape index (κ3) is 6.71. The van der Waals surface area contributed by atoms with Gasteiger partial charge in [-0.2, -0.15) is 31.3 Å². The van der Waals surface area contributed by atoms with E-state index in [1.807, 2.05) is 0 Å². The number of nitrogens with two attached hydrogens (primary N) is 2. The summed E-state index contributed by atoms with van der Waals surface area (Å²) in [6.07, 6.45) is -5.96. The predicted molar refractivity (Wildman–Crippen MR) is 115 cm³/mol. The number of aromatic nitrogens is 2. The van der Waals surface area contributed by atoms with Crippen LogP contribution >= 0.6 is 0 Å². The lowest BCUT2D eigenvalue weighted by Crippen LogP contribution is -2.33. The summed E-state index contributed by atoms with van der Waals surface area (Å²) in [6.45, 7) is 0.357. The molecule has 0 aliphatic heterocycles. The molecule has 1 aromatic carbocycles. The molecule has 1 saturated carbocycles. The fraction of sp³-hybridized carbons (Fsp3) is 0.524. The summed E-state index contributed by atoms with van der Waals surface area (Å²) in [4.78, 5) is 19.5. The van der Waals surface area contributed by atoms with E-state index in [1.54, 1.807) is 0 Å². The number of halogens is 6. The van der Waals surface area contributed by atoms with E-state index >= 15 is 0 Å². The summed E-state index contributed by atoms with van der Waals surface area (Å²) in [7, 11) is 0. The molecule has 35 heavy (non-hydrogen) atoms. The molecule has 1 aliphatic carbocycles. The van der Waals surface area contributed by atoms with Crippen molar-refractivity contribution in [3.63, 3.8) is 0 Å². The first-order valence-electron chi connectivity index (χ1n) is 10.8. The van der Waals surface area contributed by atoms with Crippen molar-refractivity contribution in [3.8, 4) is 0 Å². The fourth-order valence-electron chi connectivity index (χ4n) is 4.18. The van der Waals surface area contributed by atoms with Crippen molar-refractivity contribution < 1.29 is 31.3 Å². The SMILES string of the molecule is NCC1CCC(CN(Cc2cc(C(F)(F)F)cc(C(F)(F)F)c2)c2ncc([N+](=O)[O-])c(N)n2)CC1. The van der Waals surface area contributed by atoms with E-state index in [-0.39, 0.29) is 36.6 Å². The minimum Gasteiger partial charge on any atom is -0.378 e. The van der Waals surface area contributed by atoms with E-state index in [9.17, 15) is 36.5 Å². The maximum Gasteiger partial charge on any atom is 0.416 e. The van der Waals surface area contributed by atoms with Gasteiger partial charge in [0.05, 0.1) is 16.1 Å². The largest absolute Gasteiger partial charge is 0.416 e. The van der Waals surface area contributed by atoms with Gasteiger partial charge < -0.3 is 16.4 Å². The van der Waals surface area contributed by atoms with E-state index in [0.29, 0.717) is 24.6 Å². The van der Waals surface area contributed by atoms with Gasteiger partial charge in [-0.3, -0.25) is 10.1 Å². The lowest BCUT2D eigenvalue weighted by molar-refractivity contribution is -0.384. The third-order valence-corrected chi connectivity index (χ3v) is 6.06. The molecular formula is C21H24F6N6O2. The molecule has 0 bridgehead atoms. The highest BCUT2D eigenvalue weighted by atomic mass is 19.4. The Morgan fingerprint density at radius 1 is 1.00 bits per heavy atom. The molecule has 0 spiro atoms. The summed E-state index contributed by atoms with van der Waals surface area (Å²) >= 11 is 0. The van der Waals surface area contributed by atoms with Crippen LogP contribution in [0.5, 0.6) is 0 Å². The normalized spacial score (nSPS) is 18.9. The smallest absolute Gasteiger partial charge is 0.378 e. The van der Waals surface area contributed by atoms with E-state index < -0.39 is 39.9 Å². The van der Waals surface area contributed by atoms with E-state index in [2.05, 4.69) is 9.97 Å². The van der Waals surface area contributed by atoms with Crippen LogP contribution in [0.2, 0.25) is 0 Å². The molecule has 3 rings (SSSR count). The summed E-state index contributed by atoms with van der Waals surface area (Å²) in [5.74, 6) is -0.189. The number of benzene rings is 1. The summed E-state index contributed by atoms with van der Waals surface area (Å²) in [5, 5.41) is 11.0. The Bertz CT molecular complexity index is 1020. The molecule has 4 N–H and O–H groups in total. The van der Waals surface area contributed by atoms with E-state index in [4.69, 9.17) is 11.5 Å². The standard InChI is InChI=1S/C21H24F6N6O2/c22-20(23,24)15-5-14(6-16(7-15)21(25,26)27)11-32(10-13-3-1-12(8-28)2-4-13)19-30-9-17(33(34)35)18(29)31-19/h5-7,9,12-13H,1-4,8,10-11,28H2,(H2,29,30,31). The highest BCUT2D eigenvalue weighted by Gasteiger charge is 2.37. The number of hydrogen-bond acceptors (Lipinski definition) is 7. The molecule has 1 fully saturated rings. The number of nitro groups is 1. The van der Waals surface area contributed by atoms with Crippen LogP contribution in [-0.4, -0.2) is 28.0 Å². The molecule has 2 aromatic rings. The van der Waals surface area contributed by atoms with E-state index in [0.717, 1.165) is 31.9 Å². The van der Waals surface area contributed by atoms with Crippen LogP contribution in [0.15, 0.2) is 24.4 Å². The molecule has 0 unspecified atom stereocenters. The van der Waals surface area contributed by atoms with Gasteiger partial charge in [-0.05, 0) is 67.8 Å². The van der Waals surface area contributed by atoms with Gasteiger partial charge in [-0.15, -0.1) is 0 Å². The number of nitrogen functional groups attached to an aromatic ring is 1. The first kappa shape index (κ1) is 26.4. The molecule has 0 saturated heterocycles. The Hall–Kier alpha value is -3.16. The Balaban J connectivity index is 1.98. The Morgan fingerprint density at radius 3 is 2.00 bits per heavy atom. The molecule has 1 aromatic heterocycles. The first-order chi connectivity index (χ1) is 16.3. The Kier molecular flexibility index (Phi) is 7.72. The maximum absolute atomic E-state index is 13.3. The van der Waals surface area contributed by atoms with Gasteiger partial charge in [0.2, 0.25) is 11.8 Å². The van der Waals surface area contributed by atoms with E-state index in [1.165, 1.54) is 4.90 Å². The average Bonchev–Trinajstić information content (AvgIpc) is 2.77. The van der Waals surface area contributed by atoms with Gasteiger partial charge in [0.1, 0.15) is 6.20 Å². The topological polar surface area (TPSA) is 124 Å². The molecular weight excluding hydrogens is 482 g/mol. The van der Waals surface area contributed by atoms with Gasteiger partial charge in [0, 0.05) is 13.1 Å². The predicted octanol–water partition coefficient (Wildman–Crippen LogP) is 4.78. The second kappa shape index (κ2) is 10.2. The zero-order valence-electron chi connectivity index (χ0n) is 18.4. The monoisotopic (exact) mass is 506 g/mol. The third-order valence-electron chi connectivity index (χ3n) is 6.06. The van der Waals surface area contributed by atoms with Crippen molar-refractivity contribution in [1.82, 2.24) is 9.97 Å². The second-order valence-electron chi connectivity index (χ2n) is 8.61. The number of nitrogens with zero attached hydrogens (tertiary/aromatic N) is 4. The van der Waals surface area contributed by atoms with Crippen molar-refractivity contribution in [1.29, 1.82) is 0 Å². The van der Waals surface area contributed by atoms with Crippen LogP contribution in [0.1, 0.15) is 42.4 Å². The Labute approximate surface area is 196 Å². The van der Waals surface area contributed by atoms with Gasteiger partial charge in [0.25, 0.3) is 0 Å².